The van der Waals surface area contributed by atoms with E-state index in [-0.39, 0.29) is 30.1 Å². The van der Waals surface area contributed by atoms with E-state index in [1.54, 1.807) is 4.90 Å². The smallest absolute Gasteiger partial charge is 0.410 e. The number of hydrogen-bond acceptors (Lipinski definition) is 3. The molecule has 0 aromatic rings. The molecule has 0 bridgehead atoms. The first-order valence-corrected chi connectivity index (χ1v) is 8.27. The number of amides is 1. The summed E-state index contributed by atoms with van der Waals surface area (Å²) in [4.78, 5) is 20.4. The standard InChI is InChI=1S/C16H30N4O2.HI/c1-5-16(6-7-16)12-18-13(17)19-8-10-20(11-9-19)14(21)22-15(2,3)4;/h5-12H2,1-4H3,(H2,17,18);1H. The van der Waals surface area contributed by atoms with Crippen LogP contribution in [0.3, 0.4) is 0 Å². The summed E-state index contributed by atoms with van der Waals surface area (Å²) in [6, 6.07) is 0. The highest BCUT2D eigenvalue weighted by Crippen LogP contribution is 2.48. The summed E-state index contributed by atoms with van der Waals surface area (Å²) >= 11 is 0. The minimum absolute atomic E-state index is 0. The molecule has 1 heterocycles. The largest absolute Gasteiger partial charge is 0.444 e. The van der Waals surface area contributed by atoms with Crippen LogP contribution < -0.4 is 5.73 Å². The molecule has 1 aliphatic heterocycles. The van der Waals surface area contributed by atoms with E-state index in [4.69, 9.17) is 10.5 Å². The second-order valence-electron chi connectivity index (χ2n) is 7.48. The Balaban J connectivity index is 0.00000264. The molecule has 0 radical (unpaired) electrons. The predicted octanol–water partition coefficient (Wildman–Crippen LogP) is 2.66. The number of guanidine groups is 1. The van der Waals surface area contributed by atoms with E-state index in [1.165, 1.54) is 19.3 Å². The minimum Gasteiger partial charge on any atom is -0.444 e. The lowest BCUT2D eigenvalue weighted by molar-refractivity contribution is 0.0186. The number of ether oxygens (including phenoxy) is 1. The Morgan fingerprint density at radius 2 is 1.70 bits per heavy atom. The van der Waals surface area contributed by atoms with Gasteiger partial charge < -0.3 is 20.3 Å². The average Bonchev–Trinajstić information content (AvgIpc) is 3.24. The summed E-state index contributed by atoms with van der Waals surface area (Å²) in [5.41, 5.74) is 6.07. The third-order valence-corrected chi connectivity index (χ3v) is 4.54. The van der Waals surface area contributed by atoms with Gasteiger partial charge in [-0.3, -0.25) is 4.99 Å². The van der Waals surface area contributed by atoms with Gasteiger partial charge in [-0.25, -0.2) is 4.79 Å². The van der Waals surface area contributed by atoms with Crippen molar-refractivity contribution in [3.63, 3.8) is 0 Å². The summed E-state index contributed by atoms with van der Waals surface area (Å²) in [7, 11) is 0. The molecule has 1 saturated carbocycles. The SMILES string of the molecule is CCC1(CN=C(N)N2CCN(C(=O)OC(C)(C)C)CC2)CC1.I. The number of hydrogen-bond donors (Lipinski definition) is 1. The van der Waals surface area contributed by atoms with Crippen molar-refractivity contribution in [1.29, 1.82) is 0 Å². The van der Waals surface area contributed by atoms with Crippen molar-refractivity contribution in [2.75, 3.05) is 32.7 Å². The van der Waals surface area contributed by atoms with Crippen LogP contribution in [0.5, 0.6) is 0 Å². The third-order valence-electron chi connectivity index (χ3n) is 4.54. The van der Waals surface area contributed by atoms with Gasteiger partial charge in [0, 0.05) is 32.7 Å². The van der Waals surface area contributed by atoms with E-state index in [0.29, 0.717) is 37.6 Å². The fraction of sp³-hybridized carbons (Fsp3) is 0.875. The molecule has 0 atom stereocenters. The molecule has 1 saturated heterocycles. The highest BCUT2D eigenvalue weighted by atomic mass is 127. The second-order valence-corrected chi connectivity index (χ2v) is 7.48. The van der Waals surface area contributed by atoms with Crippen molar-refractivity contribution >= 4 is 36.0 Å². The number of nitrogens with two attached hydrogens (primary N) is 1. The lowest BCUT2D eigenvalue weighted by atomic mass is 10.1. The molecule has 2 N–H and O–H groups in total. The van der Waals surface area contributed by atoms with Crippen LogP contribution >= 0.6 is 24.0 Å². The van der Waals surface area contributed by atoms with E-state index in [2.05, 4.69) is 16.8 Å². The third kappa shape index (κ3) is 6.00. The first-order valence-electron chi connectivity index (χ1n) is 8.27. The van der Waals surface area contributed by atoms with Gasteiger partial charge in [-0.1, -0.05) is 6.92 Å². The molecule has 2 fully saturated rings. The van der Waals surface area contributed by atoms with Crippen molar-refractivity contribution in [1.82, 2.24) is 9.80 Å². The summed E-state index contributed by atoms with van der Waals surface area (Å²) in [5, 5.41) is 0. The zero-order chi connectivity index (χ0) is 16.4. The van der Waals surface area contributed by atoms with Gasteiger partial charge in [0.2, 0.25) is 0 Å². The van der Waals surface area contributed by atoms with Crippen molar-refractivity contribution in [2.45, 2.75) is 52.6 Å². The molecule has 23 heavy (non-hydrogen) atoms. The molecule has 1 amide bonds. The monoisotopic (exact) mass is 438 g/mol. The number of rotatable bonds is 3. The van der Waals surface area contributed by atoms with E-state index < -0.39 is 5.60 Å². The van der Waals surface area contributed by atoms with Gasteiger partial charge in [0.05, 0.1) is 0 Å². The van der Waals surface area contributed by atoms with Gasteiger partial charge in [-0.15, -0.1) is 24.0 Å². The lowest BCUT2D eigenvalue weighted by Gasteiger charge is -2.36. The number of carbonyl (C=O) groups is 1. The van der Waals surface area contributed by atoms with Crippen molar-refractivity contribution in [2.24, 2.45) is 16.1 Å². The van der Waals surface area contributed by atoms with Crippen molar-refractivity contribution < 1.29 is 9.53 Å². The quantitative estimate of drug-likeness (QED) is 0.418. The lowest BCUT2D eigenvalue weighted by Crippen LogP contribution is -2.53. The molecule has 1 aliphatic carbocycles. The Morgan fingerprint density at radius 3 is 2.13 bits per heavy atom. The van der Waals surface area contributed by atoms with Crippen LogP contribution in [-0.4, -0.2) is 60.2 Å². The minimum atomic E-state index is -0.451. The molecule has 6 nitrogen and oxygen atoms in total. The number of piperazine rings is 1. The zero-order valence-electron chi connectivity index (χ0n) is 14.8. The highest BCUT2D eigenvalue weighted by molar-refractivity contribution is 14.0. The van der Waals surface area contributed by atoms with Crippen LogP contribution in [0.4, 0.5) is 4.79 Å². The average molecular weight is 438 g/mol. The summed E-state index contributed by atoms with van der Waals surface area (Å²) in [5.74, 6) is 0.614. The number of halogens is 1. The summed E-state index contributed by atoms with van der Waals surface area (Å²) in [6.07, 6.45) is 3.47. The molecule has 7 heteroatoms. The van der Waals surface area contributed by atoms with Crippen LogP contribution in [0, 0.1) is 5.41 Å². The summed E-state index contributed by atoms with van der Waals surface area (Å²) < 4.78 is 5.39. The van der Waals surface area contributed by atoms with Crippen molar-refractivity contribution in [3.05, 3.63) is 0 Å². The Morgan fingerprint density at radius 1 is 1.17 bits per heavy atom. The Hall–Kier alpha value is -0.730. The van der Waals surface area contributed by atoms with Crippen LogP contribution in [0.1, 0.15) is 47.0 Å². The van der Waals surface area contributed by atoms with E-state index in [1.807, 2.05) is 20.8 Å². The number of carbonyl (C=O) groups excluding carboxylic acids is 1. The molecule has 0 aromatic carbocycles. The maximum Gasteiger partial charge on any atom is 0.410 e. The molecule has 2 aliphatic rings. The Bertz CT molecular complexity index is 436. The highest BCUT2D eigenvalue weighted by Gasteiger charge is 2.40. The first-order chi connectivity index (χ1) is 10.2. The maximum absolute atomic E-state index is 12.0. The van der Waals surface area contributed by atoms with Gasteiger partial charge in [-0.2, -0.15) is 0 Å². The molecule has 0 spiro atoms. The first kappa shape index (κ1) is 20.3. The van der Waals surface area contributed by atoms with Crippen LogP contribution in [0.25, 0.3) is 0 Å². The Kier molecular flexibility index (Phi) is 6.97. The van der Waals surface area contributed by atoms with Gasteiger partial charge in [0.1, 0.15) is 5.60 Å². The maximum atomic E-state index is 12.0. The van der Waals surface area contributed by atoms with E-state index in [9.17, 15) is 4.79 Å². The van der Waals surface area contributed by atoms with Crippen molar-refractivity contribution in [3.8, 4) is 0 Å². The molecule has 0 unspecified atom stereocenters. The molecule has 0 aromatic heterocycles. The number of aliphatic imine (C=N–C) groups is 1. The molecular weight excluding hydrogens is 407 g/mol. The van der Waals surface area contributed by atoms with Gasteiger partial charge in [-0.05, 0) is 45.4 Å². The molecular formula is C16H31IN4O2. The number of nitrogens with zero attached hydrogens (tertiary/aromatic N) is 3. The van der Waals surface area contributed by atoms with Gasteiger partial charge >= 0.3 is 6.09 Å². The predicted molar refractivity (Wildman–Crippen MR) is 103 cm³/mol. The fourth-order valence-corrected chi connectivity index (χ4v) is 2.59. The fourth-order valence-electron chi connectivity index (χ4n) is 2.59. The topological polar surface area (TPSA) is 71.2 Å². The normalized spacial score (nSPS) is 20.8. The van der Waals surface area contributed by atoms with Crippen LogP contribution in [0.2, 0.25) is 0 Å². The molecule has 2 rings (SSSR count). The Labute approximate surface area is 156 Å². The zero-order valence-corrected chi connectivity index (χ0v) is 17.1. The van der Waals surface area contributed by atoms with E-state index >= 15 is 0 Å². The van der Waals surface area contributed by atoms with E-state index in [0.717, 1.165) is 6.54 Å². The molecule has 134 valence electrons. The second kappa shape index (κ2) is 7.90. The van der Waals surface area contributed by atoms with Crippen LogP contribution in [-0.2, 0) is 4.74 Å². The van der Waals surface area contributed by atoms with Crippen LogP contribution in [0.15, 0.2) is 4.99 Å². The summed E-state index contributed by atoms with van der Waals surface area (Å²) in [6.45, 7) is 11.4. The van der Waals surface area contributed by atoms with Gasteiger partial charge in [0.15, 0.2) is 5.96 Å². The van der Waals surface area contributed by atoms with Gasteiger partial charge in [0.25, 0.3) is 0 Å².